The number of benzene rings is 3. The average molecular weight is 502 g/mol. The van der Waals surface area contributed by atoms with Crippen LogP contribution in [0.4, 0.5) is 4.39 Å². The Bertz CT molecular complexity index is 1300. The zero-order chi connectivity index (χ0) is 25.0. The molecule has 2 atom stereocenters. The Kier molecular flexibility index (Phi) is 7.23. The van der Waals surface area contributed by atoms with Gasteiger partial charge in [-0.2, -0.15) is 4.31 Å². The van der Waals surface area contributed by atoms with Crippen LogP contribution in [0.25, 0.3) is 0 Å². The summed E-state index contributed by atoms with van der Waals surface area (Å²) >= 11 is 0. The van der Waals surface area contributed by atoms with Crippen LogP contribution in [0, 0.1) is 5.82 Å². The van der Waals surface area contributed by atoms with Crippen LogP contribution in [0.2, 0.25) is 0 Å². The van der Waals surface area contributed by atoms with Crippen molar-refractivity contribution in [2.75, 3.05) is 20.8 Å². The van der Waals surface area contributed by atoms with E-state index >= 15 is 0 Å². The third-order valence-corrected chi connectivity index (χ3v) is 7.44. The van der Waals surface area contributed by atoms with E-state index in [1.54, 1.807) is 30.3 Å². The number of hydrogen-bond donors (Lipinski definition) is 0. The number of carbonyl (C=O) groups excluding carboxylic acids is 1. The molecule has 0 aromatic heterocycles. The van der Waals surface area contributed by atoms with Gasteiger partial charge in [0.1, 0.15) is 17.9 Å². The maximum Gasteiger partial charge on any atom is 0.324 e. The minimum Gasteiger partial charge on any atom is -0.493 e. The minimum atomic E-state index is -4.10. The molecule has 0 spiro atoms. The molecule has 2 unspecified atom stereocenters. The van der Waals surface area contributed by atoms with E-state index in [0.29, 0.717) is 17.2 Å². The van der Waals surface area contributed by atoms with Crippen LogP contribution < -0.4 is 14.2 Å². The Labute approximate surface area is 202 Å². The first-order valence-electron chi connectivity index (χ1n) is 10.7. The number of carbonyl (C=O) groups is 1. The lowest BCUT2D eigenvalue weighted by Crippen LogP contribution is -2.41. The van der Waals surface area contributed by atoms with Crippen molar-refractivity contribution >= 4 is 16.0 Å². The quantitative estimate of drug-likeness (QED) is 0.431. The van der Waals surface area contributed by atoms with Crippen LogP contribution in [0.5, 0.6) is 23.0 Å². The van der Waals surface area contributed by atoms with E-state index in [4.69, 9.17) is 18.9 Å². The summed E-state index contributed by atoms with van der Waals surface area (Å²) in [5, 5.41) is 0. The molecule has 3 aromatic rings. The number of ether oxygens (including phenoxy) is 4. The molecule has 10 heteroatoms. The average Bonchev–Trinajstić information content (AvgIpc) is 3.30. The molecular weight excluding hydrogens is 477 g/mol. The first-order valence-corrected chi connectivity index (χ1v) is 12.2. The Hall–Kier alpha value is -3.63. The van der Waals surface area contributed by atoms with E-state index in [9.17, 15) is 17.6 Å². The molecule has 0 amide bonds. The second-order valence-corrected chi connectivity index (χ2v) is 9.63. The fourth-order valence-corrected chi connectivity index (χ4v) is 5.46. The molecule has 1 aliphatic rings. The van der Waals surface area contributed by atoms with Gasteiger partial charge in [0.05, 0.1) is 25.7 Å². The standard InChI is InChI=1S/C25H24FNO7S/c1-31-23-9-5-6-10-24(23)33-17-11-13-19(14-12-17)35(29,30)27-16-18(15-21(27)25(28)32-2)34-22-8-4-3-7-20(22)26/h3-14,18,21H,15-16H2,1-2H3. The van der Waals surface area contributed by atoms with Crippen LogP contribution in [-0.2, 0) is 19.6 Å². The lowest BCUT2D eigenvalue weighted by molar-refractivity contribution is -0.144. The fourth-order valence-electron chi connectivity index (χ4n) is 3.83. The topological polar surface area (TPSA) is 91.4 Å². The number of nitrogens with zero attached hydrogens (tertiary/aromatic N) is 1. The highest BCUT2D eigenvalue weighted by Gasteiger charge is 2.45. The molecule has 0 saturated carbocycles. The summed E-state index contributed by atoms with van der Waals surface area (Å²) in [6, 6.07) is 17.6. The molecule has 184 valence electrons. The molecule has 1 heterocycles. The predicted octanol–water partition coefficient (Wildman–Crippen LogP) is 4.01. The molecule has 35 heavy (non-hydrogen) atoms. The molecule has 1 aliphatic heterocycles. The molecule has 4 rings (SSSR count). The van der Waals surface area contributed by atoms with Crippen molar-refractivity contribution in [3.05, 3.63) is 78.6 Å². The van der Waals surface area contributed by atoms with Gasteiger partial charge < -0.3 is 18.9 Å². The SMILES string of the molecule is COC(=O)C1CC(Oc2ccccc2F)CN1S(=O)(=O)c1ccc(Oc2ccccc2OC)cc1. The first kappa shape index (κ1) is 24.5. The van der Waals surface area contributed by atoms with Crippen molar-refractivity contribution in [3.8, 4) is 23.0 Å². The van der Waals surface area contributed by atoms with Crippen LogP contribution in [0.1, 0.15) is 6.42 Å². The lowest BCUT2D eigenvalue weighted by atomic mass is 10.2. The summed E-state index contributed by atoms with van der Waals surface area (Å²) < 4.78 is 63.5. The maximum atomic E-state index is 14.0. The van der Waals surface area contributed by atoms with Gasteiger partial charge in [0.15, 0.2) is 23.1 Å². The molecular formula is C25H24FNO7S. The van der Waals surface area contributed by atoms with E-state index in [2.05, 4.69) is 0 Å². The minimum absolute atomic E-state index is 0.0156. The van der Waals surface area contributed by atoms with Crippen molar-refractivity contribution in [2.45, 2.75) is 23.5 Å². The van der Waals surface area contributed by atoms with Crippen molar-refractivity contribution in [1.82, 2.24) is 4.31 Å². The molecule has 8 nitrogen and oxygen atoms in total. The molecule has 0 N–H and O–H groups in total. The number of halogens is 1. The van der Waals surface area contributed by atoms with E-state index in [0.717, 1.165) is 4.31 Å². The summed E-state index contributed by atoms with van der Waals surface area (Å²) in [7, 11) is -1.40. The second-order valence-electron chi connectivity index (χ2n) is 7.74. The molecule has 1 saturated heterocycles. The van der Waals surface area contributed by atoms with Crippen molar-refractivity contribution in [2.24, 2.45) is 0 Å². The largest absolute Gasteiger partial charge is 0.493 e. The van der Waals surface area contributed by atoms with Gasteiger partial charge in [-0.3, -0.25) is 4.79 Å². The number of hydrogen-bond acceptors (Lipinski definition) is 7. The van der Waals surface area contributed by atoms with Gasteiger partial charge in [-0.15, -0.1) is 0 Å². The van der Waals surface area contributed by atoms with E-state index in [1.807, 2.05) is 0 Å². The smallest absolute Gasteiger partial charge is 0.324 e. The monoisotopic (exact) mass is 501 g/mol. The van der Waals surface area contributed by atoms with Crippen LogP contribution in [-0.4, -0.2) is 51.6 Å². The molecule has 0 radical (unpaired) electrons. The Morgan fingerprint density at radius 2 is 1.54 bits per heavy atom. The first-order chi connectivity index (χ1) is 16.8. The van der Waals surface area contributed by atoms with Gasteiger partial charge in [0.2, 0.25) is 10.0 Å². The van der Waals surface area contributed by atoms with E-state index in [-0.39, 0.29) is 23.6 Å². The zero-order valence-corrected chi connectivity index (χ0v) is 19.9. The second kappa shape index (κ2) is 10.3. The van der Waals surface area contributed by atoms with Gasteiger partial charge in [-0.1, -0.05) is 24.3 Å². The number of methoxy groups -OCH3 is 2. The normalized spacial score (nSPS) is 18.1. The van der Waals surface area contributed by atoms with Gasteiger partial charge in [0.25, 0.3) is 0 Å². The van der Waals surface area contributed by atoms with Crippen molar-refractivity contribution in [3.63, 3.8) is 0 Å². The van der Waals surface area contributed by atoms with E-state index < -0.39 is 34.0 Å². The fraction of sp³-hybridized carbons (Fsp3) is 0.240. The zero-order valence-electron chi connectivity index (χ0n) is 19.1. The summed E-state index contributed by atoms with van der Waals surface area (Å²) in [5.74, 6) is 0.101. The summed E-state index contributed by atoms with van der Waals surface area (Å²) in [6.07, 6.45) is -0.714. The van der Waals surface area contributed by atoms with Gasteiger partial charge in [-0.05, 0) is 48.5 Å². The van der Waals surface area contributed by atoms with Gasteiger partial charge in [-0.25, -0.2) is 12.8 Å². The summed E-state index contributed by atoms with van der Waals surface area (Å²) in [4.78, 5) is 12.4. The highest BCUT2D eigenvalue weighted by molar-refractivity contribution is 7.89. The highest BCUT2D eigenvalue weighted by atomic mass is 32.2. The van der Waals surface area contributed by atoms with Crippen LogP contribution >= 0.6 is 0 Å². The highest BCUT2D eigenvalue weighted by Crippen LogP contribution is 2.33. The Morgan fingerprint density at radius 1 is 0.914 bits per heavy atom. The maximum absolute atomic E-state index is 14.0. The number of sulfonamides is 1. The Balaban J connectivity index is 1.55. The lowest BCUT2D eigenvalue weighted by Gasteiger charge is -2.22. The van der Waals surface area contributed by atoms with Gasteiger partial charge >= 0.3 is 5.97 Å². The van der Waals surface area contributed by atoms with E-state index in [1.165, 1.54) is 56.7 Å². The van der Waals surface area contributed by atoms with Crippen molar-refractivity contribution in [1.29, 1.82) is 0 Å². The third kappa shape index (κ3) is 5.23. The summed E-state index contributed by atoms with van der Waals surface area (Å²) in [5.41, 5.74) is 0. The van der Waals surface area contributed by atoms with Gasteiger partial charge in [0, 0.05) is 6.42 Å². The number of rotatable bonds is 8. The molecule has 0 bridgehead atoms. The number of esters is 1. The van der Waals surface area contributed by atoms with Crippen LogP contribution in [0.15, 0.2) is 77.7 Å². The predicted molar refractivity (Wildman–Crippen MR) is 125 cm³/mol. The molecule has 3 aromatic carbocycles. The summed E-state index contributed by atoms with van der Waals surface area (Å²) in [6.45, 7) is -0.143. The number of para-hydroxylation sites is 3. The Morgan fingerprint density at radius 3 is 2.17 bits per heavy atom. The molecule has 1 fully saturated rings. The third-order valence-electron chi connectivity index (χ3n) is 5.55. The van der Waals surface area contributed by atoms with Crippen molar-refractivity contribution < 1.29 is 36.6 Å². The van der Waals surface area contributed by atoms with Crippen LogP contribution in [0.3, 0.4) is 0 Å². The molecule has 0 aliphatic carbocycles.